The van der Waals surface area contributed by atoms with Gasteiger partial charge in [0.1, 0.15) is 0 Å². The van der Waals surface area contributed by atoms with E-state index in [1.807, 2.05) is 0 Å². The molecule has 2 atom stereocenters. The molecular formula is C44H38N2. The summed E-state index contributed by atoms with van der Waals surface area (Å²) < 4.78 is 0. The van der Waals surface area contributed by atoms with Crippen molar-refractivity contribution in [2.24, 2.45) is 0 Å². The predicted molar refractivity (Wildman–Crippen MR) is 198 cm³/mol. The monoisotopic (exact) mass is 594 g/mol. The Morgan fingerprint density at radius 2 is 0.870 bits per heavy atom. The summed E-state index contributed by atoms with van der Waals surface area (Å²) in [5.41, 5.74) is 11.9. The van der Waals surface area contributed by atoms with Crippen molar-refractivity contribution in [3.8, 4) is 22.3 Å². The fourth-order valence-electron chi connectivity index (χ4n) is 7.45. The molecule has 2 aromatic heterocycles. The summed E-state index contributed by atoms with van der Waals surface area (Å²) in [7, 11) is 0. The second kappa shape index (κ2) is 11.4. The highest BCUT2D eigenvalue weighted by Crippen LogP contribution is 2.46. The number of nitrogens with zero attached hydrogens (tertiary/aromatic N) is 2. The van der Waals surface area contributed by atoms with Crippen LogP contribution in [-0.4, -0.2) is 9.97 Å². The second-order valence-corrected chi connectivity index (χ2v) is 12.8. The third-order valence-electron chi connectivity index (χ3n) is 10.2. The molecule has 2 heterocycles. The predicted octanol–water partition coefficient (Wildman–Crippen LogP) is 12.6. The molecule has 0 aliphatic rings. The van der Waals surface area contributed by atoms with Crippen LogP contribution >= 0.6 is 0 Å². The average molecular weight is 595 g/mol. The van der Waals surface area contributed by atoms with Crippen LogP contribution in [0.15, 0.2) is 121 Å². The number of benzene rings is 6. The van der Waals surface area contributed by atoms with Crippen LogP contribution in [0, 0.1) is 0 Å². The first kappa shape index (κ1) is 28.4. The third kappa shape index (κ3) is 4.39. The van der Waals surface area contributed by atoms with Gasteiger partial charge in [0.25, 0.3) is 0 Å². The minimum atomic E-state index is 0.419. The first-order valence-corrected chi connectivity index (χ1v) is 16.7. The average Bonchev–Trinajstić information content (AvgIpc) is 3.11. The van der Waals surface area contributed by atoms with E-state index in [-0.39, 0.29) is 0 Å². The van der Waals surface area contributed by atoms with Crippen molar-refractivity contribution in [2.75, 3.05) is 0 Å². The Morgan fingerprint density at radius 1 is 0.457 bits per heavy atom. The first-order valence-electron chi connectivity index (χ1n) is 16.7. The van der Waals surface area contributed by atoms with Gasteiger partial charge in [-0.2, -0.15) is 0 Å². The highest BCUT2D eigenvalue weighted by molar-refractivity contribution is 6.21. The lowest BCUT2D eigenvalue weighted by molar-refractivity contribution is 0.738. The molecule has 0 radical (unpaired) electrons. The molecule has 0 bridgehead atoms. The lowest BCUT2D eigenvalue weighted by atomic mass is 9.85. The van der Waals surface area contributed by atoms with Gasteiger partial charge in [-0.25, -0.2) is 9.97 Å². The fraction of sp³-hybridized carbons (Fsp3) is 0.182. The van der Waals surface area contributed by atoms with Crippen LogP contribution in [0.1, 0.15) is 63.5 Å². The van der Waals surface area contributed by atoms with E-state index in [1.54, 1.807) is 0 Å². The van der Waals surface area contributed by atoms with Gasteiger partial charge in [0.2, 0.25) is 0 Å². The molecule has 224 valence electrons. The number of para-hydroxylation sites is 4. The summed E-state index contributed by atoms with van der Waals surface area (Å²) in [4.78, 5) is 10.6. The second-order valence-electron chi connectivity index (χ2n) is 12.8. The number of hydrogen-bond donors (Lipinski definition) is 0. The van der Waals surface area contributed by atoms with E-state index >= 15 is 0 Å². The molecule has 6 aromatic carbocycles. The quantitative estimate of drug-likeness (QED) is 0.179. The van der Waals surface area contributed by atoms with Gasteiger partial charge >= 0.3 is 0 Å². The zero-order chi connectivity index (χ0) is 31.4. The van der Waals surface area contributed by atoms with E-state index in [0.717, 1.165) is 34.9 Å². The minimum absolute atomic E-state index is 0.419. The summed E-state index contributed by atoms with van der Waals surface area (Å²) in [6, 6.07) is 44.4. The number of hydrogen-bond acceptors (Lipinski definition) is 2. The molecule has 2 unspecified atom stereocenters. The number of pyridine rings is 2. The maximum absolute atomic E-state index is 5.30. The Morgan fingerprint density at radius 3 is 1.33 bits per heavy atom. The molecule has 8 rings (SSSR count). The van der Waals surface area contributed by atoms with Gasteiger partial charge in [0.05, 0.1) is 22.1 Å². The largest absolute Gasteiger partial charge is 0.247 e. The topological polar surface area (TPSA) is 25.8 Å². The first-order chi connectivity index (χ1) is 22.6. The van der Waals surface area contributed by atoms with Crippen LogP contribution in [0.2, 0.25) is 0 Å². The van der Waals surface area contributed by atoms with Crippen LogP contribution in [0.3, 0.4) is 0 Å². The standard InChI is InChI=1S/C44H38N2/c1-5-27(3)30-19-13-23-36-41(32-17-7-9-25-38(32)45-43(30)36)34-21-11-15-29-16-12-22-35(40(29)34)42-33-18-8-10-26-39(33)46-44-31(28(4)6-2)20-14-24-37(42)44/h7-28H,5-6H2,1-4H3. The van der Waals surface area contributed by atoms with E-state index in [2.05, 4.69) is 149 Å². The number of aromatic nitrogens is 2. The van der Waals surface area contributed by atoms with Crippen molar-refractivity contribution in [1.29, 1.82) is 0 Å². The van der Waals surface area contributed by atoms with Gasteiger partial charge in [-0.1, -0.05) is 137 Å². The van der Waals surface area contributed by atoms with Gasteiger partial charge in [-0.15, -0.1) is 0 Å². The van der Waals surface area contributed by atoms with E-state index < -0.39 is 0 Å². The molecule has 2 nitrogen and oxygen atoms in total. The Kier molecular flexibility index (Phi) is 7.02. The molecule has 2 heteroatoms. The molecule has 0 aliphatic carbocycles. The highest BCUT2D eigenvalue weighted by atomic mass is 14.7. The van der Waals surface area contributed by atoms with Crippen molar-refractivity contribution >= 4 is 54.4 Å². The van der Waals surface area contributed by atoms with Crippen molar-refractivity contribution in [1.82, 2.24) is 9.97 Å². The zero-order valence-corrected chi connectivity index (χ0v) is 27.0. The van der Waals surface area contributed by atoms with Crippen LogP contribution in [-0.2, 0) is 0 Å². The normalized spacial score (nSPS) is 13.2. The maximum Gasteiger partial charge on any atom is 0.0750 e. The smallest absolute Gasteiger partial charge is 0.0750 e. The Balaban J connectivity index is 1.55. The summed E-state index contributed by atoms with van der Waals surface area (Å²) in [6.45, 7) is 9.15. The lowest BCUT2D eigenvalue weighted by Gasteiger charge is -2.20. The summed E-state index contributed by atoms with van der Waals surface area (Å²) in [5.74, 6) is 0.838. The Bertz CT molecular complexity index is 2270. The van der Waals surface area contributed by atoms with Gasteiger partial charge in [-0.3, -0.25) is 0 Å². The van der Waals surface area contributed by atoms with Crippen LogP contribution in [0.5, 0.6) is 0 Å². The fourth-order valence-corrected chi connectivity index (χ4v) is 7.45. The van der Waals surface area contributed by atoms with Gasteiger partial charge in [-0.05, 0) is 69.8 Å². The van der Waals surface area contributed by atoms with E-state index in [1.165, 1.54) is 65.7 Å². The van der Waals surface area contributed by atoms with Crippen LogP contribution in [0.4, 0.5) is 0 Å². The highest BCUT2D eigenvalue weighted by Gasteiger charge is 2.21. The summed E-state index contributed by atoms with van der Waals surface area (Å²) >= 11 is 0. The van der Waals surface area contributed by atoms with Crippen LogP contribution < -0.4 is 0 Å². The molecule has 0 amide bonds. The maximum atomic E-state index is 5.30. The molecule has 8 aromatic rings. The van der Waals surface area contributed by atoms with E-state index in [9.17, 15) is 0 Å². The third-order valence-corrected chi connectivity index (χ3v) is 10.2. The molecule has 0 saturated carbocycles. The van der Waals surface area contributed by atoms with Crippen molar-refractivity contribution in [2.45, 2.75) is 52.4 Å². The molecular weight excluding hydrogens is 556 g/mol. The zero-order valence-electron chi connectivity index (χ0n) is 27.0. The molecule has 0 aliphatic heterocycles. The van der Waals surface area contributed by atoms with Crippen molar-refractivity contribution in [3.63, 3.8) is 0 Å². The van der Waals surface area contributed by atoms with Crippen molar-refractivity contribution < 1.29 is 0 Å². The number of fused-ring (bicyclic) bond motifs is 5. The van der Waals surface area contributed by atoms with Gasteiger partial charge in [0.15, 0.2) is 0 Å². The summed E-state index contributed by atoms with van der Waals surface area (Å²) in [6.07, 6.45) is 2.14. The lowest BCUT2D eigenvalue weighted by Crippen LogP contribution is -1.99. The van der Waals surface area contributed by atoms with Gasteiger partial charge < -0.3 is 0 Å². The van der Waals surface area contributed by atoms with Crippen LogP contribution in [0.25, 0.3) is 76.6 Å². The molecule has 46 heavy (non-hydrogen) atoms. The van der Waals surface area contributed by atoms with E-state index in [4.69, 9.17) is 9.97 Å². The molecule has 0 spiro atoms. The Hall–Kier alpha value is -5.08. The number of rotatable bonds is 6. The SMILES string of the molecule is CCC(C)c1cccc2c(-c3cccc4cccc(-c5c6ccccc6nc6c(C(C)CC)cccc56)c34)c3ccccc3nc12. The summed E-state index contributed by atoms with van der Waals surface area (Å²) in [5, 5.41) is 7.28. The molecule has 0 saturated heterocycles. The van der Waals surface area contributed by atoms with Gasteiger partial charge in [0, 0.05) is 32.7 Å². The molecule has 0 fully saturated rings. The Labute approximate surface area is 270 Å². The molecule has 0 N–H and O–H groups in total. The van der Waals surface area contributed by atoms with Crippen molar-refractivity contribution in [3.05, 3.63) is 132 Å². The minimum Gasteiger partial charge on any atom is -0.247 e. The van der Waals surface area contributed by atoms with E-state index in [0.29, 0.717) is 11.8 Å².